The van der Waals surface area contributed by atoms with Crippen molar-refractivity contribution in [2.24, 2.45) is 5.41 Å². The maximum absolute atomic E-state index is 12.8. The van der Waals surface area contributed by atoms with E-state index in [0.29, 0.717) is 13.2 Å². The van der Waals surface area contributed by atoms with Crippen LogP contribution in [0.2, 0.25) is 0 Å². The fraction of sp³-hybridized carbons (Fsp3) is 0.812. The van der Waals surface area contributed by atoms with E-state index in [2.05, 4.69) is 9.88 Å². The molecule has 2 heterocycles. The summed E-state index contributed by atoms with van der Waals surface area (Å²) in [7, 11) is -1.80. The smallest absolute Gasteiger partial charge is 0.227 e. The second kappa shape index (κ2) is 8.21. The summed E-state index contributed by atoms with van der Waals surface area (Å²) in [5.74, 6) is 2.34. The molecule has 6 nitrogen and oxygen atoms in total. The summed E-state index contributed by atoms with van der Waals surface area (Å²) in [4.78, 5) is 6.64. The van der Waals surface area contributed by atoms with Gasteiger partial charge in [-0.1, -0.05) is 20.8 Å². The predicted molar refractivity (Wildman–Crippen MR) is 98.2 cm³/mol. The highest BCUT2D eigenvalue weighted by molar-refractivity contribution is 7.99. The van der Waals surface area contributed by atoms with E-state index in [1.165, 1.54) is 0 Å². The number of ether oxygens (including phenoxy) is 1. The minimum absolute atomic E-state index is 0.0871. The van der Waals surface area contributed by atoms with E-state index in [4.69, 9.17) is 4.74 Å². The van der Waals surface area contributed by atoms with Gasteiger partial charge < -0.3 is 9.30 Å². The number of imidazole rings is 1. The van der Waals surface area contributed by atoms with Gasteiger partial charge in [0.05, 0.1) is 24.3 Å². The van der Waals surface area contributed by atoms with Crippen LogP contribution in [0.25, 0.3) is 0 Å². The van der Waals surface area contributed by atoms with Crippen molar-refractivity contribution >= 4 is 21.6 Å². The summed E-state index contributed by atoms with van der Waals surface area (Å²) in [6.07, 6.45) is 1.72. The Morgan fingerprint density at radius 1 is 1.29 bits per heavy atom. The molecule has 1 saturated heterocycles. The van der Waals surface area contributed by atoms with Gasteiger partial charge in [0, 0.05) is 44.8 Å². The van der Waals surface area contributed by atoms with Crippen molar-refractivity contribution in [1.29, 1.82) is 0 Å². The number of sulfone groups is 1. The van der Waals surface area contributed by atoms with Gasteiger partial charge in [0.25, 0.3) is 0 Å². The lowest BCUT2D eigenvalue weighted by Gasteiger charge is -2.26. The van der Waals surface area contributed by atoms with Crippen LogP contribution in [0.5, 0.6) is 0 Å². The summed E-state index contributed by atoms with van der Waals surface area (Å²) in [5.41, 5.74) is 0.646. The van der Waals surface area contributed by atoms with Gasteiger partial charge in [0.2, 0.25) is 15.0 Å². The zero-order valence-corrected chi connectivity index (χ0v) is 16.8. The van der Waals surface area contributed by atoms with E-state index >= 15 is 0 Å². The molecule has 0 spiro atoms. The molecule has 0 radical (unpaired) electrons. The number of thioether (sulfide) groups is 1. The van der Waals surface area contributed by atoms with Gasteiger partial charge in [-0.25, -0.2) is 13.4 Å². The van der Waals surface area contributed by atoms with Crippen molar-refractivity contribution in [3.8, 4) is 0 Å². The van der Waals surface area contributed by atoms with Crippen LogP contribution in [0.15, 0.2) is 11.4 Å². The molecule has 0 unspecified atom stereocenters. The quantitative estimate of drug-likeness (QED) is 0.725. The van der Waals surface area contributed by atoms with Gasteiger partial charge >= 0.3 is 0 Å². The second-order valence-electron chi connectivity index (χ2n) is 7.38. The van der Waals surface area contributed by atoms with E-state index < -0.39 is 9.84 Å². The molecule has 1 fully saturated rings. The molecule has 8 heteroatoms. The first kappa shape index (κ1) is 19.8. The molecule has 0 bridgehead atoms. The number of nitrogens with zero attached hydrogens (tertiary/aromatic N) is 3. The normalized spacial score (nSPS) is 17.3. The maximum Gasteiger partial charge on any atom is 0.227 e. The highest BCUT2D eigenvalue weighted by Gasteiger charge is 2.29. The van der Waals surface area contributed by atoms with Crippen molar-refractivity contribution in [2.45, 2.75) is 39.0 Å². The number of methoxy groups -OCH3 is 1. The molecule has 0 aliphatic carbocycles. The van der Waals surface area contributed by atoms with Crippen molar-refractivity contribution < 1.29 is 13.2 Å². The Bertz CT molecular complexity index is 629. The van der Waals surface area contributed by atoms with Gasteiger partial charge in [-0.15, -0.1) is 0 Å². The van der Waals surface area contributed by atoms with E-state index in [-0.39, 0.29) is 16.3 Å². The summed E-state index contributed by atoms with van der Waals surface area (Å²) in [6.45, 7) is 9.57. The van der Waals surface area contributed by atoms with Crippen LogP contribution in [0.4, 0.5) is 0 Å². The van der Waals surface area contributed by atoms with Crippen molar-refractivity contribution in [3.63, 3.8) is 0 Å². The fourth-order valence-electron chi connectivity index (χ4n) is 2.81. The molecule has 1 aliphatic rings. The lowest BCUT2D eigenvalue weighted by molar-refractivity contribution is 0.181. The Kier molecular flexibility index (Phi) is 6.75. The molecule has 24 heavy (non-hydrogen) atoms. The topological polar surface area (TPSA) is 64.4 Å². The Hall–Kier alpha value is -0.570. The SMILES string of the molecule is COCCn1c(CN2CCSCC2)cnc1S(=O)(=O)CC(C)(C)C. The third-order valence-corrected chi connectivity index (χ3v) is 6.88. The number of rotatable bonds is 7. The van der Waals surface area contributed by atoms with Gasteiger partial charge in [-0.3, -0.25) is 4.90 Å². The minimum atomic E-state index is -3.43. The molecule has 1 aromatic heterocycles. The first-order valence-corrected chi connectivity index (χ1v) is 11.1. The average molecular weight is 376 g/mol. The number of hydrogen-bond acceptors (Lipinski definition) is 6. The van der Waals surface area contributed by atoms with Crippen molar-refractivity contribution in [2.75, 3.05) is 44.1 Å². The third kappa shape index (κ3) is 5.47. The molecule has 2 rings (SSSR count). The molecule has 1 aliphatic heterocycles. The second-order valence-corrected chi connectivity index (χ2v) is 10.5. The van der Waals surface area contributed by atoms with Crippen LogP contribution in [-0.4, -0.2) is 66.9 Å². The van der Waals surface area contributed by atoms with E-state index in [1.807, 2.05) is 37.1 Å². The summed E-state index contributed by atoms with van der Waals surface area (Å²) >= 11 is 1.96. The molecule has 138 valence electrons. The molecule has 1 aromatic rings. The van der Waals surface area contributed by atoms with Crippen molar-refractivity contribution in [1.82, 2.24) is 14.5 Å². The van der Waals surface area contributed by atoms with Crippen LogP contribution < -0.4 is 0 Å². The lowest BCUT2D eigenvalue weighted by atomic mass is 10.0. The Morgan fingerprint density at radius 2 is 1.96 bits per heavy atom. The van der Waals surface area contributed by atoms with Crippen LogP contribution in [-0.2, 0) is 27.7 Å². The van der Waals surface area contributed by atoms with Gasteiger partial charge in [-0.2, -0.15) is 11.8 Å². The lowest BCUT2D eigenvalue weighted by Crippen LogP contribution is -2.33. The molecule has 0 N–H and O–H groups in total. The number of aromatic nitrogens is 2. The van der Waals surface area contributed by atoms with Gasteiger partial charge in [0.15, 0.2) is 0 Å². The van der Waals surface area contributed by atoms with Crippen LogP contribution in [0.1, 0.15) is 26.5 Å². The third-order valence-electron chi connectivity index (χ3n) is 3.81. The first-order chi connectivity index (χ1) is 11.2. The highest BCUT2D eigenvalue weighted by Crippen LogP contribution is 2.23. The summed E-state index contributed by atoms with van der Waals surface area (Å²) in [6, 6.07) is 0. The zero-order valence-electron chi connectivity index (χ0n) is 15.1. The standard InChI is InChI=1S/C16H29N3O3S2/c1-16(2,3)13-24(20,21)15-17-11-14(19(15)5-8-22-4)12-18-6-9-23-10-7-18/h11H,5-10,12-13H2,1-4H3. The Labute approximate surface area is 149 Å². The van der Waals surface area contributed by atoms with Gasteiger partial charge in [0.1, 0.15) is 0 Å². The average Bonchev–Trinajstić information content (AvgIpc) is 2.87. The van der Waals surface area contributed by atoms with E-state index in [1.54, 1.807) is 13.3 Å². The van der Waals surface area contributed by atoms with Crippen molar-refractivity contribution in [3.05, 3.63) is 11.9 Å². The molecular weight excluding hydrogens is 346 g/mol. The number of hydrogen-bond donors (Lipinski definition) is 0. The maximum atomic E-state index is 12.8. The molecule has 0 aromatic carbocycles. The van der Waals surface area contributed by atoms with Crippen LogP contribution in [0.3, 0.4) is 0 Å². The highest BCUT2D eigenvalue weighted by atomic mass is 32.2. The predicted octanol–water partition coefficient (Wildman–Crippen LogP) is 1.90. The van der Waals surface area contributed by atoms with Crippen LogP contribution in [0, 0.1) is 5.41 Å². The first-order valence-electron chi connectivity index (χ1n) is 8.29. The Morgan fingerprint density at radius 3 is 2.54 bits per heavy atom. The van der Waals surface area contributed by atoms with E-state index in [0.717, 1.165) is 36.8 Å². The molecule has 0 atom stereocenters. The van der Waals surface area contributed by atoms with E-state index in [9.17, 15) is 8.42 Å². The largest absolute Gasteiger partial charge is 0.383 e. The molecule has 0 saturated carbocycles. The monoisotopic (exact) mass is 375 g/mol. The fourth-order valence-corrected chi connectivity index (χ4v) is 5.82. The van der Waals surface area contributed by atoms with Gasteiger partial charge in [-0.05, 0) is 5.41 Å². The molecule has 0 amide bonds. The summed E-state index contributed by atoms with van der Waals surface area (Å²) in [5, 5.41) is 0.177. The summed E-state index contributed by atoms with van der Waals surface area (Å²) < 4.78 is 32.6. The minimum Gasteiger partial charge on any atom is -0.383 e. The van der Waals surface area contributed by atoms with Crippen LogP contribution >= 0.6 is 11.8 Å². The Balaban J connectivity index is 2.27. The zero-order chi connectivity index (χ0) is 17.8. The molecular formula is C16H29N3O3S2.